The molecule has 0 aliphatic rings. The van der Waals surface area contributed by atoms with Gasteiger partial charge in [0.15, 0.2) is 0 Å². The van der Waals surface area contributed by atoms with Crippen molar-refractivity contribution in [1.82, 2.24) is 24.0 Å². The van der Waals surface area contributed by atoms with Gasteiger partial charge in [-0.15, -0.1) is 11.3 Å². The maximum atomic E-state index is 12.7. The van der Waals surface area contributed by atoms with Crippen molar-refractivity contribution in [2.75, 3.05) is 25.0 Å². The van der Waals surface area contributed by atoms with Crippen LogP contribution in [0.15, 0.2) is 46.8 Å². The van der Waals surface area contributed by atoms with Gasteiger partial charge in [-0.1, -0.05) is 26.0 Å². The molecule has 0 radical (unpaired) electrons. The van der Waals surface area contributed by atoms with Crippen LogP contribution >= 0.6 is 11.3 Å². The summed E-state index contributed by atoms with van der Waals surface area (Å²) in [7, 11) is 0. The van der Waals surface area contributed by atoms with E-state index in [4.69, 9.17) is 0 Å². The van der Waals surface area contributed by atoms with Crippen LogP contribution in [0.5, 0.6) is 0 Å². The standard InChI is InChI=1S/C22H26N6O2S/c1-3-26(4-2)12-13-28-18-8-6-5-7-17(18)24-22(28)25-19(29)9-11-27-15-23-20-16(21(27)30)10-14-31-20/h5-8,10,14-15H,3-4,9,11-13H2,1-2H3,(H,24,25,29). The summed E-state index contributed by atoms with van der Waals surface area (Å²) in [5.41, 5.74) is 1.72. The molecule has 0 aliphatic heterocycles. The minimum Gasteiger partial charge on any atom is -0.309 e. The topological polar surface area (TPSA) is 85.0 Å². The number of hydrogen-bond acceptors (Lipinski definition) is 6. The van der Waals surface area contributed by atoms with Gasteiger partial charge in [0.1, 0.15) is 4.83 Å². The second kappa shape index (κ2) is 9.40. The number of imidazole rings is 1. The first kappa shape index (κ1) is 21.2. The number of likely N-dealkylation sites (N-methyl/N-ethyl adjacent to an activating group) is 1. The highest BCUT2D eigenvalue weighted by Crippen LogP contribution is 2.20. The fraction of sp³-hybridized carbons (Fsp3) is 0.364. The predicted molar refractivity (Wildman–Crippen MR) is 125 cm³/mol. The number of aryl methyl sites for hydroxylation is 1. The molecule has 4 rings (SSSR count). The van der Waals surface area contributed by atoms with Crippen LogP contribution in [0.1, 0.15) is 20.3 Å². The number of benzene rings is 1. The Labute approximate surface area is 184 Å². The number of fused-ring (bicyclic) bond motifs is 2. The molecule has 31 heavy (non-hydrogen) atoms. The van der Waals surface area contributed by atoms with Crippen molar-refractivity contribution in [3.05, 3.63) is 52.4 Å². The van der Waals surface area contributed by atoms with E-state index in [9.17, 15) is 9.59 Å². The van der Waals surface area contributed by atoms with Gasteiger partial charge >= 0.3 is 0 Å². The maximum Gasteiger partial charge on any atom is 0.262 e. The predicted octanol–water partition coefficient (Wildman–Crippen LogP) is 3.18. The molecule has 3 heterocycles. The van der Waals surface area contributed by atoms with Crippen molar-refractivity contribution < 1.29 is 4.79 Å². The quantitative estimate of drug-likeness (QED) is 0.434. The van der Waals surface area contributed by atoms with Crippen LogP contribution in [-0.2, 0) is 17.9 Å². The van der Waals surface area contributed by atoms with E-state index in [1.54, 1.807) is 6.07 Å². The number of aromatic nitrogens is 4. The van der Waals surface area contributed by atoms with Gasteiger partial charge in [-0.2, -0.15) is 0 Å². The van der Waals surface area contributed by atoms with E-state index in [1.807, 2.05) is 29.6 Å². The molecule has 0 atom stereocenters. The Kier molecular flexibility index (Phi) is 6.43. The molecule has 0 unspecified atom stereocenters. The minimum absolute atomic E-state index is 0.120. The summed E-state index contributed by atoms with van der Waals surface area (Å²) < 4.78 is 3.54. The smallest absolute Gasteiger partial charge is 0.262 e. The lowest BCUT2D eigenvalue weighted by Gasteiger charge is -2.19. The van der Waals surface area contributed by atoms with E-state index < -0.39 is 0 Å². The summed E-state index contributed by atoms with van der Waals surface area (Å²) in [6, 6.07) is 9.64. The van der Waals surface area contributed by atoms with Crippen LogP contribution in [0.4, 0.5) is 5.95 Å². The molecule has 0 bridgehead atoms. The first-order valence-corrected chi connectivity index (χ1v) is 11.4. The van der Waals surface area contributed by atoms with E-state index in [-0.39, 0.29) is 24.4 Å². The van der Waals surface area contributed by atoms with Crippen molar-refractivity contribution in [2.45, 2.75) is 33.4 Å². The third kappa shape index (κ3) is 4.52. The summed E-state index contributed by atoms with van der Waals surface area (Å²) in [4.78, 5) is 37.2. The number of para-hydroxylation sites is 2. The van der Waals surface area contributed by atoms with Crippen molar-refractivity contribution in [1.29, 1.82) is 0 Å². The minimum atomic E-state index is -0.184. The molecule has 0 aliphatic carbocycles. The molecule has 0 saturated carbocycles. The molecule has 1 amide bonds. The van der Waals surface area contributed by atoms with Gasteiger partial charge in [-0.3, -0.25) is 19.5 Å². The zero-order valence-electron chi connectivity index (χ0n) is 17.7. The average molecular weight is 439 g/mol. The number of anilines is 1. The van der Waals surface area contributed by atoms with Crippen molar-refractivity contribution >= 4 is 44.4 Å². The van der Waals surface area contributed by atoms with Crippen molar-refractivity contribution in [3.8, 4) is 0 Å². The molecule has 9 heteroatoms. The van der Waals surface area contributed by atoms with Gasteiger partial charge in [-0.05, 0) is 36.7 Å². The number of nitrogens with one attached hydrogen (secondary N) is 1. The van der Waals surface area contributed by atoms with E-state index in [0.29, 0.717) is 16.2 Å². The monoisotopic (exact) mass is 438 g/mol. The van der Waals surface area contributed by atoms with Crippen molar-refractivity contribution in [2.24, 2.45) is 0 Å². The van der Waals surface area contributed by atoms with E-state index in [2.05, 4.69) is 38.6 Å². The Balaban J connectivity index is 1.49. The highest BCUT2D eigenvalue weighted by molar-refractivity contribution is 7.16. The number of carbonyl (C=O) groups is 1. The number of thiophene rings is 1. The fourth-order valence-electron chi connectivity index (χ4n) is 3.64. The second-order valence-corrected chi connectivity index (χ2v) is 8.18. The van der Waals surface area contributed by atoms with Crippen LogP contribution < -0.4 is 10.9 Å². The highest BCUT2D eigenvalue weighted by Gasteiger charge is 2.14. The van der Waals surface area contributed by atoms with Gasteiger partial charge < -0.3 is 9.47 Å². The highest BCUT2D eigenvalue weighted by atomic mass is 32.1. The molecular weight excluding hydrogens is 412 g/mol. The maximum absolute atomic E-state index is 12.7. The zero-order chi connectivity index (χ0) is 21.8. The Morgan fingerprint density at radius 1 is 1.16 bits per heavy atom. The van der Waals surface area contributed by atoms with Crippen LogP contribution in [0.25, 0.3) is 21.3 Å². The Hall–Kier alpha value is -3.04. The molecule has 3 aromatic heterocycles. The molecule has 0 fully saturated rings. The van der Waals surface area contributed by atoms with E-state index in [0.717, 1.165) is 37.2 Å². The van der Waals surface area contributed by atoms with E-state index >= 15 is 0 Å². The summed E-state index contributed by atoms with van der Waals surface area (Å²) in [6.45, 7) is 8.10. The van der Waals surface area contributed by atoms with Gasteiger partial charge in [0.2, 0.25) is 11.9 Å². The Morgan fingerprint density at radius 3 is 2.77 bits per heavy atom. The lowest BCUT2D eigenvalue weighted by atomic mass is 10.3. The SMILES string of the molecule is CCN(CC)CCn1c(NC(=O)CCn2cnc3sccc3c2=O)nc2ccccc21. The normalized spacial score (nSPS) is 11.6. The van der Waals surface area contributed by atoms with Crippen molar-refractivity contribution in [3.63, 3.8) is 0 Å². The third-order valence-corrected chi connectivity index (χ3v) is 6.29. The lowest BCUT2D eigenvalue weighted by Crippen LogP contribution is -2.28. The summed E-state index contributed by atoms with van der Waals surface area (Å²) in [5, 5.41) is 5.38. The largest absolute Gasteiger partial charge is 0.309 e. The van der Waals surface area contributed by atoms with Gasteiger partial charge in [0.05, 0.1) is 22.7 Å². The molecular formula is C22H26N6O2S. The van der Waals surface area contributed by atoms with Crippen LogP contribution in [0.3, 0.4) is 0 Å². The molecule has 0 spiro atoms. The molecule has 0 saturated heterocycles. The van der Waals surface area contributed by atoms with Gasteiger partial charge in [-0.25, -0.2) is 9.97 Å². The number of rotatable bonds is 9. The number of amides is 1. The number of nitrogens with zero attached hydrogens (tertiary/aromatic N) is 5. The summed E-state index contributed by atoms with van der Waals surface area (Å²) in [6.07, 6.45) is 1.67. The molecule has 4 aromatic rings. The summed E-state index contributed by atoms with van der Waals surface area (Å²) in [5.74, 6) is 0.355. The third-order valence-electron chi connectivity index (χ3n) is 5.47. The van der Waals surface area contributed by atoms with Crippen LogP contribution in [-0.4, -0.2) is 49.5 Å². The van der Waals surface area contributed by atoms with Gasteiger partial charge in [0, 0.05) is 26.1 Å². The second-order valence-electron chi connectivity index (χ2n) is 7.28. The fourth-order valence-corrected chi connectivity index (χ4v) is 4.36. The molecule has 8 nitrogen and oxygen atoms in total. The Morgan fingerprint density at radius 2 is 1.97 bits per heavy atom. The average Bonchev–Trinajstić information content (AvgIpc) is 3.39. The zero-order valence-corrected chi connectivity index (χ0v) is 18.6. The van der Waals surface area contributed by atoms with Crippen LogP contribution in [0, 0.1) is 0 Å². The van der Waals surface area contributed by atoms with Crippen LogP contribution in [0.2, 0.25) is 0 Å². The molecule has 1 N–H and O–H groups in total. The Bertz CT molecular complexity index is 1250. The van der Waals surface area contributed by atoms with Gasteiger partial charge in [0.25, 0.3) is 5.56 Å². The number of hydrogen-bond donors (Lipinski definition) is 1. The molecule has 162 valence electrons. The summed E-state index contributed by atoms with van der Waals surface area (Å²) >= 11 is 1.43. The first-order chi connectivity index (χ1) is 15.1. The number of carbonyl (C=O) groups excluding carboxylic acids is 1. The first-order valence-electron chi connectivity index (χ1n) is 10.5. The molecule has 1 aromatic carbocycles. The lowest BCUT2D eigenvalue weighted by molar-refractivity contribution is -0.116. The van der Waals surface area contributed by atoms with E-state index in [1.165, 1.54) is 22.2 Å².